The molecule has 108 valence electrons. The molecular formula is C16H17BO4. The second kappa shape index (κ2) is 7.29. The van der Waals surface area contributed by atoms with Crippen LogP contribution in [0, 0.1) is 0 Å². The molecule has 5 heteroatoms. The average Bonchev–Trinajstić information content (AvgIpc) is 2.54. The maximum atomic E-state index is 5.72. The van der Waals surface area contributed by atoms with Crippen LogP contribution in [0.15, 0.2) is 61.1 Å². The first kappa shape index (κ1) is 14.8. The van der Waals surface area contributed by atoms with Gasteiger partial charge in [-0.05, 0) is 30.2 Å². The van der Waals surface area contributed by atoms with Crippen molar-refractivity contribution in [3.63, 3.8) is 0 Å². The van der Waals surface area contributed by atoms with Crippen molar-refractivity contribution in [2.24, 2.45) is 0 Å². The fourth-order valence-corrected chi connectivity index (χ4v) is 1.74. The Hall–Kier alpha value is -2.56. The molecule has 4 nitrogen and oxygen atoms in total. The quantitative estimate of drug-likeness (QED) is 0.730. The zero-order chi connectivity index (χ0) is 15.1. The summed E-state index contributed by atoms with van der Waals surface area (Å²) < 4.78 is 21.8. The first-order valence-electron chi connectivity index (χ1n) is 6.49. The highest BCUT2D eigenvalue weighted by molar-refractivity contribution is 6.52. The lowest BCUT2D eigenvalue weighted by molar-refractivity contribution is 0.402. The molecule has 0 aliphatic rings. The monoisotopic (exact) mass is 284 g/mol. The van der Waals surface area contributed by atoms with Crippen molar-refractivity contribution in [3.8, 4) is 23.0 Å². The van der Waals surface area contributed by atoms with Crippen molar-refractivity contribution in [1.82, 2.24) is 0 Å². The lowest BCUT2D eigenvalue weighted by Gasteiger charge is -2.14. The summed E-state index contributed by atoms with van der Waals surface area (Å²) in [4.78, 5) is 0. The molecule has 0 N–H and O–H groups in total. The summed E-state index contributed by atoms with van der Waals surface area (Å²) in [5.74, 6) is 4.30. The number of methoxy groups -OCH3 is 2. The van der Waals surface area contributed by atoms with E-state index < -0.39 is 7.12 Å². The van der Waals surface area contributed by atoms with E-state index in [1.807, 2.05) is 36.4 Å². The van der Waals surface area contributed by atoms with Gasteiger partial charge in [-0.25, -0.2) is 0 Å². The molecule has 0 aliphatic heterocycles. The van der Waals surface area contributed by atoms with Gasteiger partial charge in [0.05, 0.1) is 14.2 Å². The fourth-order valence-electron chi connectivity index (χ4n) is 1.74. The molecule has 0 saturated carbocycles. The molecule has 0 fully saturated rings. The minimum atomic E-state index is -0.607. The smallest absolute Gasteiger partial charge is 0.522 e. The van der Waals surface area contributed by atoms with Crippen molar-refractivity contribution in [2.45, 2.75) is 0 Å². The number of rotatable bonds is 7. The van der Waals surface area contributed by atoms with Crippen molar-refractivity contribution >= 4 is 7.12 Å². The van der Waals surface area contributed by atoms with Gasteiger partial charge in [0.1, 0.15) is 23.0 Å². The van der Waals surface area contributed by atoms with Gasteiger partial charge >= 0.3 is 7.12 Å². The Morgan fingerprint density at radius 2 is 1.24 bits per heavy atom. The molecule has 0 spiro atoms. The van der Waals surface area contributed by atoms with Gasteiger partial charge in [0.25, 0.3) is 0 Å². The molecular weight excluding hydrogens is 267 g/mol. The summed E-state index contributed by atoms with van der Waals surface area (Å²) in [7, 11) is 2.61. The number of hydrogen-bond donors (Lipinski definition) is 0. The Labute approximate surface area is 125 Å². The van der Waals surface area contributed by atoms with Crippen LogP contribution in [0.1, 0.15) is 0 Å². The summed E-state index contributed by atoms with van der Waals surface area (Å²) in [5.41, 5.74) is 0. The Kier molecular flexibility index (Phi) is 5.15. The van der Waals surface area contributed by atoms with Gasteiger partial charge in [0, 0.05) is 12.1 Å². The highest BCUT2D eigenvalue weighted by Gasteiger charge is 2.19. The van der Waals surface area contributed by atoms with Gasteiger partial charge in [-0.2, -0.15) is 0 Å². The molecule has 0 unspecified atom stereocenters. The van der Waals surface area contributed by atoms with Gasteiger partial charge < -0.3 is 18.8 Å². The standard InChI is InChI=1S/C16H17BO4/c1-4-17(20-15-9-5-7-13(11-15)18-2)21-16-10-6-8-14(12-16)19-3/h4-12H,1H2,2-3H3. The van der Waals surface area contributed by atoms with Crippen LogP contribution in [0.5, 0.6) is 23.0 Å². The van der Waals surface area contributed by atoms with Gasteiger partial charge in [-0.1, -0.05) is 12.1 Å². The molecule has 21 heavy (non-hydrogen) atoms. The first-order chi connectivity index (χ1) is 10.2. The van der Waals surface area contributed by atoms with E-state index in [1.54, 1.807) is 32.3 Å². The van der Waals surface area contributed by atoms with Gasteiger partial charge in [-0.3, -0.25) is 0 Å². The zero-order valence-corrected chi connectivity index (χ0v) is 12.1. The third-order valence-electron chi connectivity index (χ3n) is 2.78. The molecule has 0 atom stereocenters. The Morgan fingerprint density at radius 1 is 0.810 bits per heavy atom. The highest BCUT2D eigenvalue weighted by atomic mass is 16.6. The normalized spacial score (nSPS) is 9.62. The molecule has 2 aromatic rings. The molecule has 0 amide bonds. The van der Waals surface area contributed by atoms with Crippen molar-refractivity contribution in [1.29, 1.82) is 0 Å². The van der Waals surface area contributed by atoms with Gasteiger partial charge in [0.2, 0.25) is 0 Å². The van der Waals surface area contributed by atoms with Crippen LogP contribution in [0.3, 0.4) is 0 Å². The number of ether oxygens (including phenoxy) is 2. The van der Waals surface area contributed by atoms with Crippen LogP contribution < -0.4 is 18.8 Å². The fraction of sp³-hybridized carbons (Fsp3) is 0.125. The molecule has 0 saturated heterocycles. The molecule has 0 aromatic heterocycles. The second-order valence-electron chi connectivity index (χ2n) is 4.20. The maximum Gasteiger partial charge on any atom is 0.624 e. The third kappa shape index (κ3) is 4.21. The summed E-state index contributed by atoms with van der Waals surface area (Å²) >= 11 is 0. The number of hydrogen-bond acceptors (Lipinski definition) is 4. The van der Waals surface area contributed by atoms with Gasteiger partial charge in [-0.15, -0.1) is 6.58 Å². The topological polar surface area (TPSA) is 36.9 Å². The minimum Gasteiger partial charge on any atom is -0.522 e. The van der Waals surface area contributed by atoms with E-state index in [-0.39, 0.29) is 0 Å². The summed E-state index contributed by atoms with van der Waals surface area (Å²) in [6, 6.07) is 14.6. The lowest BCUT2D eigenvalue weighted by Crippen LogP contribution is -2.27. The highest BCUT2D eigenvalue weighted by Crippen LogP contribution is 2.22. The summed E-state index contributed by atoms with van der Waals surface area (Å²) in [6.45, 7) is 3.73. The largest absolute Gasteiger partial charge is 0.624 e. The van der Waals surface area contributed by atoms with Crippen molar-refractivity contribution in [3.05, 3.63) is 61.1 Å². The minimum absolute atomic E-state index is 0.607. The van der Waals surface area contributed by atoms with E-state index >= 15 is 0 Å². The average molecular weight is 284 g/mol. The van der Waals surface area contributed by atoms with E-state index in [2.05, 4.69) is 6.58 Å². The Morgan fingerprint density at radius 3 is 1.62 bits per heavy atom. The predicted octanol–water partition coefficient (Wildman–Crippen LogP) is 3.38. The molecule has 2 aromatic carbocycles. The Bertz CT molecular complexity index is 551. The van der Waals surface area contributed by atoms with E-state index in [9.17, 15) is 0 Å². The number of benzene rings is 2. The van der Waals surface area contributed by atoms with Crippen molar-refractivity contribution < 1.29 is 18.8 Å². The zero-order valence-electron chi connectivity index (χ0n) is 12.1. The molecule has 0 heterocycles. The van der Waals surface area contributed by atoms with Crippen LogP contribution in [0.2, 0.25) is 0 Å². The predicted molar refractivity (Wildman–Crippen MR) is 83.2 cm³/mol. The van der Waals surface area contributed by atoms with E-state index in [0.29, 0.717) is 11.5 Å². The maximum absolute atomic E-state index is 5.72. The molecule has 0 aliphatic carbocycles. The SMILES string of the molecule is C=CB(Oc1cccc(OC)c1)Oc1cccc(OC)c1. The van der Waals surface area contributed by atoms with Crippen LogP contribution >= 0.6 is 0 Å². The lowest BCUT2D eigenvalue weighted by atomic mass is 9.90. The summed E-state index contributed by atoms with van der Waals surface area (Å²) in [6.07, 6.45) is 0. The molecule has 2 rings (SSSR count). The van der Waals surface area contributed by atoms with E-state index in [1.165, 1.54) is 0 Å². The molecule has 0 bridgehead atoms. The van der Waals surface area contributed by atoms with Crippen LogP contribution in [-0.4, -0.2) is 21.3 Å². The van der Waals surface area contributed by atoms with E-state index in [4.69, 9.17) is 18.8 Å². The van der Waals surface area contributed by atoms with Crippen LogP contribution in [-0.2, 0) is 0 Å². The van der Waals surface area contributed by atoms with Crippen LogP contribution in [0.25, 0.3) is 0 Å². The van der Waals surface area contributed by atoms with Crippen LogP contribution in [0.4, 0.5) is 0 Å². The summed E-state index contributed by atoms with van der Waals surface area (Å²) in [5, 5.41) is 0. The van der Waals surface area contributed by atoms with Crippen molar-refractivity contribution in [2.75, 3.05) is 14.2 Å². The molecule has 0 radical (unpaired) electrons. The Balaban J connectivity index is 2.07. The van der Waals surface area contributed by atoms with Gasteiger partial charge in [0.15, 0.2) is 0 Å². The second-order valence-corrected chi connectivity index (χ2v) is 4.20. The third-order valence-corrected chi connectivity index (χ3v) is 2.78. The van der Waals surface area contributed by atoms with E-state index in [0.717, 1.165) is 11.5 Å². The first-order valence-corrected chi connectivity index (χ1v) is 6.49.